The molecule has 0 spiro atoms. The third kappa shape index (κ3) is 5.29. The SMILES string of the molecule is C=CC(=O)OCCCOC(C)(CC)S(=O)(=O)O. The van der Waals surface area contributed by atoms with Crippen LogP contribution in [0.25, 0.3) is 0 Å². The predicted molar refractivity (Wildman–Crippen MR) is 62.0 cm³/mol. The Morgan fingerprint density at radius 1 is 1.47 bits per heavy atom. The number of carbonyl (C=O) groups excluding carboxylic acids is 1. The van der Waals surface area contributed by atoms with Crippen LogP contribution in [0.15, 0.2) is 12.7 Å². The van der Waals surface area contributed by atoms with E-state index in [1.807, 2.05) is 0 Å². The highest BCUT2D eigenvalue weighted by molar-refractivity contribution is 7.87. The van der Waals surface area contributed by atoms with E-state index >= 15 is 0 Å². The van der Waals surface area contributed by atoms with Crippen LogP contribution in [0.4, 0.5) is 0 Å². The zero-order valence-electron chi connectivity index (χ0n) is 10.0. The Balaban J connectivity index is 4.03. The molecule has 17 heavy (non-hydrogen) atoms. The van der Waals surface area contributed by atoms with Crippen LogP contribution in [-0.4, -0.2) is 37.1 Å². The van der Waals surface area contributed by atoms with Crippen molar-refractivity contribution >= 4 is 16.1 Å². The lowest BCUT2D eigenvalue weighted by atomic mass is 10.3. The average Bonchev–Trinajstić information content (AvgIpc) is 2.26. The van der Waals surface area contributed by atoms with Crippen molar-refractivity contribution in [3.8, 4) is 0 Å². The van der Waals surface area contributed by atoms with Crippen LogP contribution in [0, 0.1) is 0 Å². The van der Waals surface area contributed by atoms with Crippen molar-refractivity contribution in [1.82, 2.24) is 0 Å². The molecule has 0 amide bonds. The van der Waals surface area contributed by atoms with Crippen molar-refractivity contribution in [2.75, 3.05) is 13.2 Å². The molecule has 1 atom stereocenters. The third-order valence-corrected chi connectivity index (χ3v) is 3.79. The van der Waals surface area contributed by atoms with E-state index in [4.69, 9.17) is 9.29 Å². The summed E-state index contributed by atoms with van der Waals surface area (Å²) in [6.07, 6.45) is 1.50. The molecular formula is C10H18O6S. The highest BCUT2D eigenvalue weighted by Crippen LogP contribution is 2.21. The predicted octanol–water partition coefficient (Wildman–Crippen LogP) is 1.14. The molecule has 0 aromatic carbocycles. The highest BCUT2D eigenvalue weighted by atomic mass is 32.2. The van der Waals surface area contributed by atoms with Gasteiger partial charge in [0.05, 0.1) is 13.2 Å². The molecule has 0 aliphatic rings. The molecule has 0 aliphatic carbocycles. The summed E-state index contributed by atoms with van der Waals surface area (Å²) >= 11 is 0. The van der Waals surface area contributed by atoms with Crippen LogP contribution in [0.3, 0.4) is 0 Å². The molecule has 1 unspecified atom stereocenters. The number of rotatable bonds is 8. The molecular weight excluding hydrogens is 248 g/mol. The zero-order valence-corrected chi connectivity index (χ0v) is 10.8. The summed E-state index contributed by atoms with van der Waals surface area (Å²) in [4.78, 5) is 9.05. The fourth-order valence-corrected chi connectivity index (χ4v) is 1.53. The van der Waals surface area contributed by atoms with Gasteiger partial charge in [-0.25, -0.2) is 4.79 Å². The first-order valence-corrected chi connectivity index (χ1v) is 6.61. The van der Waals surface area contributed by atoms with Crippen LogP contribution in [-0.2, 0) is 24.4 Å². The maximum atomic E-state index is 11.0. The van der Waals surface area contributed by atoms with Gasteiger partial charge in [-0.15, -0.1) is 0 Å². The van der Waals surface area contributed by atoms with E-state index in [9.17, 15) is 13.2 Å². The summed E-state index contributed by atoms with van der Waals surface area (Å²) in [6, 6.07) is 0. The number of hydrogen-bond acceptors (Lipinski definition) is 5. The van der Waals surface area contributed by atoms with Crippen molar-refractivity contribution in [2.24, 2.45) is 0 Å². The van der Waals surface area contributed by atoms with Crippen LogP contribution in [0.2, 0.25) is 0 Å². The first kappa shape index (κ1) is 16.1. The zero-order chi connectivity index (χ0) is 13.5. The second kappa shape index (κ2) is 6.73. The van der Waals surface area contributed by atoms with Gasteiger partial charge in [0.25, 0.3) is 10.1 Å². The molecule has 0 saturated heterocycles. The van der Waals surface area contributed by atoms with Gasteiger partial charge in [0.1, 0.15) is 0 Å². The van der Waals surface area contributed by atoms with Gasteiger partial charge in [0, 0.05) is 12.5 Å². The third-order valence-electron chi connectivity index (χ3n) is 2.29. The molecule has 0 saturated carbocycles. The molecule has 0 heterocycles. The standard InChI is InChI=1S/C10H18O6S/c1-4-9(11)15-7-6-8-16-10(3,5-2)17(12,13)14/h4H,1,5-8H2,2-3H3,(H,12,13,14). The van der Waals surface area contributed by atoms with Crippen molar-refractivity contribution in [1.29, 1.82) is 0 Å². The Labute approximate surface area is 101 Å². The second-order valence-electron chi connectivity index (χ2n) is 3.54. The van der Waals surface area contributed by atoms with E-state index in [0.29, 0.717) is 6.42 Å². The Bertz CT molecular complexity index is 361. The van der Waals surface area contributed by atoms with E-state index in [2.05, 4.69) is 11.3 Å². The second-order valence-corrected chi connectivity index (χ2v) is 5.35. The maximum Gasteiger partial charge on any atom is 0.330 e. The maximum absolute atomic E-state index is 11.0. The normalized spacial score (nSPS) is 15.0. The minimum absolute atomic E-state index is 0.0640. The molecule has 0 aromatic heterocycles. The molecule has 1 N–H and O–H groups in total. The van der Waals surface area contributed by atoms with E-state index < -0.39 is 21.0 Å². The first-order valence-electron chi connectivity index (χ1n) is 5.17. The van der Waals surface area contributed by atoms with Crippen molar-refractivity contribution in [2.45, 2.75) is 31.6 Å². The van der Waals surface area contributed by atoms with E-state index in [1.54, 1.807) is 6.92 Å². The topological polar surface area (TPSA) is 89.9 Å². The molecule has 0 aromatic rings. The van der Waals surface area contributed by atoms with E-state index in [1.165, 1.54) is 6.92 Å². The lowest BCUT2D eigenvalue weighted by Gasteiger charge is -2.24. The van der Waals surface area contributed by atoms with Crippen molar-refractivity contribution in [3.63, 3.8) is 0 Å². The molecule has 0 radical (unpaired) electrons. The molecule has 0 aliphatic heterocycles. The van der Waals surface area contributed by atoms with Gasteiger partial charge in [-0.3, -0.25) is 4.55 Å². The van der Waals surface area contributed by atoms with E-state index in [0.717, 1.165) is 6.08 Å². The number of ether oxygens (including phenoxy) is 2. The van der Waals surface area contributed by atoms with Crippen LogP contribution < -0.4 is 0 Å². The largest absolute Gasteiger partial charge is 0.462 e. The summed E-state index contributed by atoms with van der Waals surface area (Å²) in [5, 5.41) is 0. The number of esters is 1. The first-order chi connectivity index (χ1) is 7.77. The highest BCUT2D eigenvalue weighted by Gasteiger charge is 2.36. The number of hydrogen-bond donors (Lipinski definition) is 1. The Morgan fingerprint density at radius 2 is 2.06 bits per heavy atom. The molecule has 0 fully saturated rings. The Morgan fingerprint density at radius 3 is 2.47 bits per heavy atom. The smallest absolute Gasteiger partial charge is 0.330 e. The molecule has 7 heteroatoms. The summed E-state index contributed by atoms with van der Waals surface area (Å²) < 4.78 is 40.8. The van der Waals surface area contributed by atoms with Gasteiger partial charge in [-0.1, -0.05) is 13.5 Å². The van der Waals surface area contributed by atoms with Gasteiger partial charge in [0.15, 0.2) is 4.93 Å². The van der Waals surface area contributed by atoms with Gasteiger partial charge < -0.3 is 9.47 Å². The lowest BCUT2D eigenvalue weighted by Crippen LogP contribution is -2.37. The quantitative estimate of drug-likeness (QED) is 0.306. The molecule has 100 valence electrons. The van der Waals surface area contributed by atoms with Gasteiger partial charge in [-0.05, 0) is 13.3 Å². The minimum Gasteiger partial charge on any atom is -0.462 e. The minimum atomic E-state index is -4.27. The monoisotopic (exact) mass is 266 g/mol. The van der Waals surface area contributed by atoms with Crippen molar-refractivity contribution in [3.05, 3.63) is 12.7 Å². The van der Waals surface area contributed by atoms with Crippen molar-refractivity contribution < 1.29 is 27.2 Å². The van der Waals surface area contributed by atoms with Gasteiger partial charge >= 0.3 is 5.97 Å². The molecule has 6 nitrogen and oxygen atoms in total. The summed E-state index contributed by atoms with van der Waals surface area (Å²) in [6.45, 7) is 6.28. The van der Waals surface area contributed by atoms with Crippen LogP contribution in [0.5, 0.6) is 0 Å². The average molecular weight is 266 g/mol. The summed E-state index contributed by atoms with van der Waals surface area (Å²) in [5.41, 5.74) is 0. The van der Waals surface area contributed by atoms with E-state index in [-0.39, 0.29) is 19.6 Å². The van der Waals surface area contributed by atoms with Gasteiger partial charge in [-0.2, -0.15) is 8.42 Å². The summed E-state index contributed by atoms with van der Waals surface area (Å²) in [7, 11) is -4.27. The van der Waals surface area contributed by atoms with Crippen LogP contribution in [0.1, 0.15) is 26.7 Å². The Hall–Kier alpha value is -0.920. The molecule has 0 rings (SSSR count). The lowest BCUT2D eigenvalue weighted by molar-refractivity contribution is -0.138. The van der Waals surface area contributed by atoms with Crippen LogP contribution >= 0.6 is 0 Å². The number of carbonyl (C=O) groups is 1. The summed E-state index contributed by atoms with van der Waals surface area (Å²) in [5.74, 6) is -0.543. The fourth-order valence-electron chi connectivity index (χ4n) is 0.938. The Kier molecular flexibility index (Phi) is 6.36. The van der Waals surface area contributed by atoms with Gasteiger partial charge in [0.2, 0.25) is 0 Å². The fraction of sp³-hybridized carbons (Fsp3) is 0.700. The molecule has 0 bridgehead atoms.